The van der Waals surface area contributed by atoms with Crippen molar-refractivity contribution in [3.05, 3.63) is 45.4 Å². The van der Waals surface area contributed by atoms with Crippen LogP contribution in [0.2, 0.25) is 0 Å². The Labute approximate surface area is 119 Å². The monoisotopic (exact) mass is 290 g/mol. The molecule has 5 nitrogen and oxygen atoms in total. The molecule has 0 fully saturated rings. The number of carbonyl (C=O) groups excluding carboxylic acids is 2. The molecular weight excluding hydrogens is 278 g/mol. The Hall–Kier alpha value is -2.21. The van der Waals surface area contributed by atoms with Crippen LogP contribution in [0.3, 0.4) is 0 Å². The second-order valence-corrected chi connectivity index (χ2v) is 5.12. The molecule has 6 heteroatoms. The number of carboxylic acids is 1. The van der Waals surface area contributed by atoms with E-state index in [9.17, 15) is 14.7 Å². The highest BCUT2D eigenvalue weighted by Crippen LogP contribution is 2.22. The van der Waals surface area contributed by atoms with Crippen molar-refractivity contribution in [3.63, 3.8) is 0 Å². The van der Waals surface area contributed by atoms with Gasteiger partial charge in [0.15, 0.2) is 11.6 Å². The van der Waals surface area contributed by atoms with E-state index in [4.69, 9.17) is 4.74 Å². The Balaban J connectivity index is 2.07. The second-order valence-electron chi connectivity index (χ2n) is 4.26. The molecule has 0 radical (unpaired) electrons. The molecule has 0 saturated carbocycles. The van der Waals surface area contributed by atoms with Crippen molar-refractivity contribution in [2.75, 3.05) is 6.61 Å². The van der Waals surface area contributed by atoms with E-state index in [1.54, 1.807) is 0 Å². The molecule has 2 rings (SSSR count). The molecule has 104 valence electrons. The highest BCUT2D eigenvalue weighted by atomic mass is 32.1. The number of carboxylic acid groups (broad SMARTS) is 1. The summed E-state index contributed by atoms with van der Waals surface area (Å²) in [6.45, 7) is 3.61. The molecule has 0 unspecified atom stereocenters. The number of aryl methyl sites for hydroxylation is 2. The third kappa shape index (κ3) is 3.03. The molecular formula is C14H12NO4S-. The van der Waals surface area contributed by atoms with Gasteiger partial charge in [0, 0.05) is 5.38 Å². The van der Waals surface area contributed by atoms with Crippen molar-refractivity contribution >= 4 is 23.1 Å². The number of ether oxygens (including phenoxy) is 1. The summed E-state index contributed by atoms with van der Waals surface area (Å²) in [5, 5.41) is 12.0. The van der Waals surface area contributed by atoms with Crippen molar-refractivity contribution in [2.45, 2.75) is 13.8 Å². The van der Waals surface area contributed by atoms with Crippen LogP contribution in [-0.2, 0) is 0 Å². The van der Waals surface area contributed by atoms with Crippen LogP contribution in [0.15, 0.2) is 23.6 Å². The summed E-state index contributed by atoms with van der Waals surface area (Å²) < 4.78 is 5.51. The fraction of sp³-hybridized carbons (Fsp3) is 0.214. The van der Waals surface area contributed by atoms with Crippen molar-refractivity contribution in [3.8, 4) is 5.75 Å². The zero-order valence-corrected chi connectivity index (χ0v) is 11.8. The quantitative estimate of drug-likeness (QED) is 0.777. The van der Waals surface area contributed by atoms with Gasteiger partial charge in [0.05, 0.1) is 11.7 Å². The third-order valence-corrected chi connectivity index (χ3v) is 3.59. The fourth-order valence-electron chi connectivity index (χ4n) is 1.72. The van der Waals surface area contributed by atoms with E-state index < -0.39 is 5.97 Å². The molecule has 0 bridgehead atoms. The number of carbonyl (C=O) groups is 2. The topological polar surface area (TPSA) is 79.3 Å². The summed E-state index contributed by atoms with van der Waals surface area (Å²) in [5.74, 6) is -1.08. The molecule has 0 amide bonds. The Morgan fingerprint density at radius 3 is 2.50 bits per heavy atom. The Morgan fingerprint density at radius 1 is 1.30 bits per heavy atom. The van der Waals surface area contributed by atoms with Crippen molar-refractivity contribution in [1.82, 2.24) is 4.98 Å². The summed E-state index contributed by atoms with van der Waals surface area (Å²) in [5.41, 5.74) is 1.64. The lowest BCUT2D eigenvalue weighted by Gasteiger charge is -2.10. The number of aromatic carboxylic acids is 1. The molecule has 2 aromatic rings. The summed E-state index contributed by atoms with van der Waals surface area (Å²) in [7, 11) is 0. The number of aromatic nitrogens is 1. The lowest BCUT2D eigenvalue weighted by Crippen LogP contribution is -2.23. The highest BCUT2D eigenvalue weighted by Gasteiger charge is 2.13. The summed E-state index contributed by atoms with van der Waals surface area (Å²) in [4.78, 5) is 26.2. The summed E-state index contributed by atoms with van der Waals surface area (Å²) in [6.07, 6.45) is 0. The van der Waals surface area contributed by atoms with Crippen LogP contribution in [0.1, 0.15) is 31.4 Å². The van der Waals surface area contributed by atoms with E-state index >= 15 is 0 Å². The van der Waals surface area contributed by atoms with Gasteiger partial charge in [0.25, 0.3) is 0 Å². The largest absolute Gasteiger partial charge is 0.543 e. The lowest BCUT2D eigenvalue weighted by molar-refractivity contribution is -0.255. The van der Waals surface area contributed by atoms with Crippen molar-refractivity contribution in [2.24, 2.45) is 0 Å². The first-order valence-electron chi connectivity index (χ1n) is 5.88. The molecule has 0 spiro atoms. The minimum atomic E-state index is -1.39. The van der Waals surface area contributed by atoms with E-state index in [1.165, 1.54) is 5.38 Å². The molecule has 20 heavy (non-hydrogen) atoms. The van der Waals surface area contributed by atoms with Crippen molar-refractivity contribution < 1.29 is 19.4 Å². The van der Waals surface area contributed by atoms with Gasteiger partial charge in [-0.1, -0.05) is 18.2 Å². The van der Waals surface area contributed by atoms with Crippen LogP contribution in [0.25, 0.3) is 0 Å². The van der Waals surface area contributed by atoms with E-state index in [1.807, 2.05) is 32.0 Å². The Morgan fingerprint density at radius 2 is 1.95 bits per heavy atom. The average Bonchev–Trinajstić information content (AvgIpc) is 2.87. The number of rotatable bonds is 5. The average molecular weight is 290 g/mol. The number of benzene rings is 1. The first-order valence-corrected chi connectivity index (χ1v) is 6.76. The standard InChI is InChI=1S/C14H13NO4S/c1-8-4-3-5-9(2)12(8)19-6-11(16)13-15-10(7-20-13)14(17)18/h3-5,7H,6H2,1-2H3,(H,17,18)/p-1. The third-order valence-electron chi connectivity index (χ3n) is 2.71. The maximum absolute atomic E-state index is 11.9. The van der Waals surface area contributed by atoms with Crippen LogP contribution < -0.4 is 9.84 Å². The smallest absolute Gasteiger partial charge is 0.228 e. The molecule has 1 aromatic carbocycles. The molecule has 0 aliphatic rings. The predicted molar refractivity (Wildman–Crippen MR) is 72.2 cm³/mol. The molecule has 1 heterocycles. The van der Waals surface area contributed by atoms with Crippen LogP contribution in [0, 0.1) is 13.8 Å². The van der Waals surface area contributed by atoms with Gasteiger partial charge in [0.1, 0.15) is 5.75 Å². The normalized spacial score (nSPS) is 10.3. The van der Waals surface area contributed by atoms with Gasteiger partial charge in [-0.3, -0.25) is 4.79 Å². The number of hydrogen-bond donors (Lipinski definition) is 0. The maximum atomic E-state index is 11.9. The minimum absolute atomic E-state index is 0.107. The van der Waals surface area contributed by atoms with Gasteiger partial charge in [-0.2, -0.15) is 0 Å². The Kier molecular flexibility index (Phi) is 4.14. The van der Waals surface area contributed by atoms with Gasteiger partial charge >= 0.3 is 0 Å². The first-order chi connectivity index (χ1) is 9.49. The number of ketones is 1. The van der Waals surface area contributed by atoms with E-state index in [0.717, 1.165) is 22.5 Å². The predicted octanol–water partition coefficient (Wildman–Crippen LogP) is 1.39. The molecule has 1 aromatic heterocycles. The second kappa shape index (κ2) is 5.83. The van der Waals surface area contributed by atoms with Gasteiger partial charge in [-0.05, 0) is 25.0 Å². The molecule has 0 aliphatic heterocycles. The van der Waals surface area contributed by atoms with Crippen LogP contribution in [0.5, 0.6) is 5.75 Å². The van der Waals surface area contributed by atoms with Gasteiger partial charge in [-0.25, -0.2) is 4.98 Å². The first kappa shape index (κ1) is 14.2. The van der Waals surface area contributed by atoms with Crippen molar-refractivity contribution in [1.29, 1.82) is 0 Å². The number of hydrogen-bond acceptors (Lipinski definition) is 6. The van der Waals surface area contributed by atoms with Gasteiger partial charge < -0.3 is 14.6 Å². The number of para-hydroxylation sites is 1. The molecule has 0 aliphatic carbocycles. The molecule has 0 N–H and O–H groups in total. The number of nitrogens with zero attached hydrogens (tertiary/aromatic N) is 1. The van der Waals surface area contributed by atoms with Crippen LogP contribution in [0.4, 0.5) is 0 Å². The lowest BCUT2D eigenvalue weighted by atomic mass is 10.1. The van der Waals surface area contributed by atoms with E-state index in [2.05, 4.69) is 4.98 Å². The molecule has 0 atom stereocenters. The van der Waals surface area contributed by atoms with Crippen LogP contribution >= 0.6 is 11.3 Å². The minimum Gasteiger partial charge on any atom is -0.543 e. The van der Waals surface area contributed by atoms with E-state index in [0.29, 0.717) is 5.75 Å². The zero-order valence-electron chi connectivity index (χ0n) is 11.0. The molecule has 0 saturated heterocycles. The maximum Gasteiger partial charge on any atom is 0.228 e. The van der Waals surface area contributed by atoms with Gasteiger partial charge in [-0.15, -0.1) is 11.3 Å². The van der Waals surface area contributed by atoms with E-state index in [-0.39, 0.29) is 23.1 Å². The Bertz CT molecular complexity index is 643. The number of thiazole rings is 1. The van der Waals surface area contributed by atoms with Gasteiger partial charge in [0.2, 0.25) is 5.78 Å². The fourth-order valence-corrected chi connectivity index (χ4v) is 2.44. The summed E-state index contributed by atoms with van der Waals surface area (Å²) in [6, 6.07) is 5.70. The zero-order chi connectivity index (χ0) is 14.7. The number of Topliss-reactive ketones (excluding diaryl/α,β-unsaturated/α-hetero) is 1. The SMILES string of the molecule is Cc1cccc(C)c1OCC(=O)c1nc(C(=O)[O-])cs1. The van der Waals surface area contributed by atoms with Crippen LogP contribution in [-0.4, -0.2) is 23.3 Å². The summed E-state index contributed by atoms with van der Waals surface area (Å²) >= 11 is 0.968. The highest BCUT2D eigenvalue weighted by molar-refractivity contribution is 7.11.